The first kappa shape index (κ1) is 12.3. The normalized spacial score (nSPS) is 11.4. The maximum Gasteiger partial charge on any atom is 0.368 e. The lowest BCUT2D eigenvalue weighted by Crippen LogP contribution is -2.22. The Hall–Kier alpha value is -2.48. The third-order valence-corrected chi connectivity index (χ3v) is 3.71. The predicted octanol–water partition coefficient (Wildman–Crippen LogP) is 1.31. The molecular formula is C13H13N5O2S. The highest BCUT2D eigenvalue weighted by Crippen LogP contribution is 2.21. The van der Waals surface area contributed by atoms with Gasteiger partial charge in [-0.2, -0.15) is 13.7 Å². The van der Waals surface area contributed by atoms with Crippen molar-refractivity contribution in [3.63, 3.8) is 0 Å². The molecule has 3 aromatic rings. The number of aryl methyl sites for hydroxylation is 2. The van der Waals surface area contributed by atoms with Crippen molar-refractivity contribution >= 4 is 11.5 Å². The second kappa shape index (κ2) is 5.49. The highest BCUT2D eigenvalue weighted by molar-refractivity contribution is 7.06. The molecule has 0 aliphatic rings. The summed E-state index contributed by atoms with van der Waals surface area (Å²) in [5.74, 6) is 0.696. The van der Waals surface area contributed by atoms with Crippen LogP contribution in [0.4, 0.5) is 0 Å². The average molecular weight is 305 g/mol. The van der Waals surface area contributed by atoms with Crippen molar-refractivity contribution in [3.05, 3.63) is 51.4 Å². The monoisotopic (exact) mass is 305 g/mol. The van der Waals surface area contributed by atoms with Crippen LogP contribution in [0.15, 0.2) is 35.2 Å². The van der Waals surface area contributed by atoms with E-state index in [1.54, 1.807) is 24.4 Å². The van der Waals surface area contributed by atoms with E-state index in [1.165, 1.54) is 23.3 Å². The van der Waals surface area contributed by atoms with E-state index in [2.05, 4.69) is 14.8 Å². The number of ether oxygens (including phenoxy) is 1. The maximum atomic E-state index is 11.9. The Balaban J connectivity index is 1.84. The molecule has 0 bridgehead atoms. The molecular weight excluding hydrogens is 290 g/mol. The fourth-order valence-electron chi connectivity index (χ4n) is 1.80. The van der Waals surface area contributed by atoms with E-state index < -0.39 is 0 Å². The second-order valence-electron chi connectivity index (χ2n) is 4.41. The lowest BCUT2D eigenvalue weighted by Gasteiger charge is -2.08. The maximum absolute atomic E-state index is 11.9. The minimum absolute atomic E-state index is 0.265. The average Bonchev–Trinajstić information content (AvgIpc) is 3.06. The number of hydrogen-bond acceptors (Lipinski definition) is 6. The van der Waals surface area contributed by atoms with Gasteiger partial charge < -0.3 is 4.74 Å². The summed E-state index contributed by atoms with van der Waals surface area (Å²) in [5.41, 5.74) is 1.12. The van der Waals surface area contributed by atoms with Crippen molar-refractivity contribution in [1.29, 1.82) is 0 Å². The van der Waals surface area contributed by atoms with Crippen molar-refractivity contribution in [2.75, 3.05) is 0 Å². The summed E-state index contributed by atoms with van der Waals surface area (Å²) in [5, 5.41) is 7.49. The molecule has 0 spiro atoms. The molecule has 0 N–H and O–H groups in total. The zero-order valence-corrected chi connectivity index (χ0v) is 12.3. The van der Waals surface area contributed by atoms with Gasteiger partial charge in [-0.1, -0.05) is 18.2 Å². The number of hydrogen-bond donors (Lipinski definition) is 0. The van der Waals surface area contributed by atoms with Gasteiger partial charge in [-0.25, -0.2) is 4.79 Å². The fraction of sp³-hybridized carbons (Fsp3) is 0.231. The van der Waals surface area contributed by atoms with Gasteiger partial charge in [0.25, 0.3) is 0 Å². The molecule has 0 saturated carbocycles. The molecule has 0 aliphatic carbocycles. The van der Waals surface area contributed by atoms with E-state index in [4.69, 9.17) is 6.11 Å². The smallest absolute Gasteiger partial charge is 0.368 e. The molecule has 3 rings (SSSR count). The Bertz CT molecular complexity index is 869. The SMILES string of the molecule is [3H]c1ccc(OCc2sncc2-n2nnn(C)c2=O)c(C)c1. The minimum atomic E-state index is -0.337. The highest BCUT2D eigenvalue weighted by Gasteiger charge is 2.14. The van der Waals surface area contributed by atoms with E-state index in [-0.39, 0.29) is 12.3 Å². The van der Waals surface area contributed by atoms with Gasteiger partial charge in [-0.3, -0.25) is 0 Å². The first-order valence-corrected chi connectivity index (χ1v) is 6.96. The van der Waals surface area contributed by atoms with Crippen LogP contribution in [0, 0.1) is 6.92 Å². The van der Waals surface area contributed by atoms with Crippen LogP contribution >= 0.6 is 11.5 Å². The lowest BCUT2D eigenvalue weighted by molar-refractivity contribution is 0.307. The summed E-state index contributed by atoms with van der Waals surface area (Å²) < 4.78 is 19.8. The Labute approximate surface area is 126 Å². The summed E-state index contributed by atoms with van der Waals surface area (Å²) >= 11 is 1.24. The summed E-state index contributed by atoms with van der Waals surface area (Å²) in [7, 11) is 1.54. The van der Waals surface area contributed by atoms with Crippen molar-refractivity contribution in [2.24, 2.45) is 7.05 Å². The van der Waals surface area contributed by atoms with E-state index in [9.17, 15) is 4.79 Å². The highest BCUT2D eigenvalue weighted by atomic mass is 32.1. The van der Waals surface area contributed by atoms with Crippen LogP contribution in [0.5, 0.6) is 5.75 Å². The van der Waals surface area contributed by atoms with Crippen molar-refractivity contribution < 1.29 is 6.11 Å². The van der Waals surface area contributed by atoms with Gasteiger partial charge in [0.15, 0.2) is 0 Å². The molecule has 0 saturated heterocycles. The number of nitrogens with zero attached hydrogens (tertiary/aromatic N) is 5. The molecule has 0 amide bonds. The van der Waals surface area contributed by atoms with Crippen LogP contribution in [-0.2, 0) is 13.7 Å². The molecule has 0 aliphatic heterocycles. The third kappa shape index (κ3) is 2.57. The first-order chi connectivity index (χ1) is 10.6. The minimum Gasteiger partial charge on any atom is -0.488 e. The Morgan fingerprint density at radius 2 is 2.29 bits per heavy atom. The van der Waals surface area contributed by atoms with E-state index in [1.807, 2.05) is 6.92 Å². The summed E-state index contributed by atoms with van der Waals surface area (Å²) in [6.45, 7) is 2.15. The number of rotatable bonds is 4. The van der Waals surface area contributed by atoms with Gasteiger partial charge in [0.05, 0.1) is 12.4 Å². The quantitative estimate of drug-likeness (QED) is 0.726. The van der Waals surface area contributed by atoms with Crippen LogP contribution in [0.3, 0.4) is 0 Å². The molecule has 0 fully saturated rings. The van der Waals surface area contributed by atoms with Gasteiger partial charge in [0.1, 0.15) is 18.0 Å². The standard InChI is InChI=1S/C13H13N5O2S/c1-9-5-3-4-6-11(9)20-8-12-10(7-14-21-12)18-13(19)17(2)15-16-18/h3-7H,8H2,1-2H3/i3T. The Kier molecular flexibility index (Phi) is 3.21. The van der Waals surface area contributed by atoms with Gasteiger partial charge in [-0.15, -0.1) is 0 Å². The van der Waals surface area contributed by atoms with E-state index >= 15 is 0 Å². The molecule has 21 heavy (non-hydrogen) atoms. The third-order valence-electron chi connectivity index (χ3n) is 2.95. The van der Waals surface area contributed by atoms with E-state index in [0.717, 1.165) is 15.1 Å². The molecule has 0 radical (unpaired) electrons. The number of benzene rings is 1. The van der Waals surface area contributed by atoms with Crippen molar-refractivity contribution in [2.45, 2.75) is 13.5 Å². The zero-order chi connectivity index (χ0) is 15.7. The summed E-state index contributed by atoms with van der Waals surface area (Å²) in [4.78, 5) is 12.7. The molecule has 0 unspecified atom stereocenters. The molecule has 2 heterocycles. The van der Waals surface area contributed by atoms with Crippen molar-refractivity contribution in [1.82, 2.24) is 24.2 Å². The number of tetrazole rings is 1. The Morgan fingerprint density at radius 3 is 3.00 bits per heavy atom. The molecule has 0 atom stereocenters. The number of aromatic nitrogens is 5. The van der Waals surface area contributed by atoms with Crippen LogP contribution in [0.25, 0.3) is 5.69 Å². The second-order valence-corrected chi connectivity index (χ2v) is 5.30. The summed E-state index contributed by atoms with van der Waals surface area (Å²) in [6.07, 6.45) is 1.57. The molecule has 2 aromatic heterocycles. The van der Waals surface area contributed by atoms with Gasteiger partial charge in [-0.05, 0) is 40.5 Å². The first-order valence-electron chi connectivity index (χ1n) is 6.69. The summed E-state index contributed by atoms with van der Waals surface area (Å²) in [6, 6.07) is 5.60. The van der Waals surface area contributed by atoms with Gasteiger partial charge >= 0.3 is 5.69 Å². The Morgan fingerprint density at radius 1 is 1.43 bits per heavy atom. The van der Waals surface area contributed by atoms with E-state index in [0.29, 0.717) is 17.5 Å². The molecule has 8 heteroatoms. The molecule has 1 aromatic carbocycles. The molecule has 108 valence electrons. The topological polar surface area (TPSA) is 74.8 Å². The zero-order valence-electron chi connectivity index (χ0n) is 12.5. The number of para-hydroxylation sites is 1. The van der Waals surface area contributed by atoms with Crippen LogP contribution < -0.4 is 10.4 Å². The van der Waals surface area contributed by atoms with Crippen LogP contribution in [0.2, 0.25) is 0 Å². The van der Waals surface area contributed by atoms with Crippen LogP contribution in [0.1, 0.15) is 11.8 Å². The molecule has 7 nitrogen and oxygen atoms in total. The predicted molar refractivity (Wildman–Crippen MR) is 77.8 cm³/mol. The lowest BCUT2D eigenvalue weighted by atomic mass is 10.2. The largest absolute Gasteiger partial charge is 0.488 e. The fourth-order valence-corrected chi connectivity index (χ4v) is 2.43. The van der Waals surface area contributed by atoms with Gasteiger partial charge in [0.2, 0.25) is 0 Å². The van der Waals surface area contributed by atoms with Crippen molar-refractivity contribution in [3.8, 4) is 11.4 Å². The van der Waals surface area contributed by atoms with Crippen LogP contribution in [-0.4, -0.2) is 24.2 Å². The van der Waals surface area contributed by atoms with Gasteiger partial charge in [0, 0.05) is 7.05 Å².